The zero-order valence-electron chi connectivity index (χ0n) is 32.5. The predicted molar refractivity (Wildman–Crippen MR) is 206 cm³/mol. The molecule has 52 heavy (non-hydrogen) atoms. The van der Waals surface area contributed by atoms with Gasteiger partial charge in [0.25, 0.3) is 0 Å². The number of aryl methyl sites for hydroxylation is 1. The van der Waals surface area contributed by atoms with Crippen LogP contribution in [0.25, 0.3) is 0 Å². The van der Waals surface area contributed by atoms with Crippen molar-refractivity contribution in [3.63, 3.8) is 0 Å². The predicted octanol–water partition coefficient (Wildman–Crippen LogP) is 7.74. The van der Waals surface area contributed by atoms with E-state index in [2.05, 4.69) is 55.4 Å². The van der Waals surface area contributed by atoms with Gasteiger partial charge >= 0.3 is 0 Å². The number of ether oxygens (including phenoxy) is 1. The van der Waals surface area contributed by atoms with Crippen LogP contribution in [0.1, 0.15) is 123 Å². The zero-order chi connectivity index (χ0) is 36.5. The molecule has 2 aliphatic heterocycles. The summed E-state index contributed by atoms with van der Waals surface area (Å²) in [6, 6.07) is 10.5. The number of fused-ring (bicyclic) bond motifs is 6. The molecule has 4 aliphatic carbocycles. The average Bonchev–Trinajstić information content (AvgIpc) is 3.59. The number of likely N-dealkylation sites (tertiary alicyclic amines) is 1. The SMILES string of the molecule is CC1=C2C[C@H]3[C@@H](CCC4=CC(=O)CC[C@@]43C)[C@@H]2CCC2(C1)O[C@@H]1C[C@H](C)CN(CCNC(=O)CCCCCNC(=O)CCc3ccccc3)[C@H]1[C@H]2C. The van der Waals surface area contributed by atoms with Crippen molar-refractivity contribution in [1.82, 2.24) is 15.5 Å². The molecule has 2 saturated heterocycles. The van der Waals surface area contributed by atoms with Gasteiger partial charge in [-0.1, -0.05) is 74.2 Å². The third kappa shape index (κ3) is 7.74. The molecule has 7 rings (SSSR count). The summed E-state index contributed by atoms with van der Waals surface area (Å²) in [6.07, 6.45) is 16.7. The fraction of sp³-hybridized carbons (Fsp3) is 0.711. The van der Waals surface area contributed by atoms with Crippen LogP contribution < -0.4 is 10.6 Å². The number of amides is 2. The number of benzene rings is 1. The number of allylic oxidation sites excluding steroid dienone is 3. The summed E-state index contributed by atoms with van der Waals surface area (Å²) in [5.74, 6) is 3.71. The topological polar surface area (TPSA) is 87.7 Å². The number of nitrogens with zero attached hydrogens (tertiary/aromatic N) is 1. The van der Waals surface area contributed by atoms with Gasteiger partial charge in [0.2, 0.25) is 11.8 Å². The first-order chi connectivity index (χ1) is 25.1. The molecule has 0 bridgehead atoms. The lowest BCUT2D eigenvalue weighted by Crippen LogP contribution is -2.53. The molecule has 6 aliphatic rings. The first kappa shape index (κ1) is 37.5. The first-order valence-electron chi connectivity index (χ1n) is 21.0. The van der Waals surface area contributed by atoms with Crippen LogP contribution in [0.5, 0.6) is 0 Å². The van der Waals surface area contributed by atoms with Crippen molar-refractivity contribution >= 4 is 17.6 Å². The van der Waals surface area contributed by atoms with Crippen molar-refractivity contribution in [2.75, 3.05) is 26.2 Å². The van der Waals surface area contributed by atoms with Crippen LogP contribution in [-0.2, 0) is 25.5 Å². The van der Waals surface area contributed by atoms with E-state index in [1.165, 1.54) is 30.4 Å². The molecule has 1 spiro atoms. The smallest absolute Gasteiger partial charge is 0.220 e. The van der Waals surface area contributed by atoms with E-state index in [9.17, 15) is 14.4 Å². The van der Waals surface area contributed by atoms with Gasteiger partial charge in [0, 0.05) is 57.4 Å². The molecular weight excluding hydrogens is 647 g/mol. The van der Waals surface area contributed by atoms with Crippen LogP contribution in [0.2, 0.25) is 0 Å². The van der Waals surface area contributed by atoms with Gasteiger partial charge in [-0.15, -0.1) is 0 Å². The zero-order valence-corrected chi connectivity index (χ0v) is 32.5. The van der Waals surface area contributed by atoms with E-state index in [1.54, 1.807) is 11.1 Å². The van der Waals surface area contributed by atoms with Crippen LogP contribution in [0.4, 0.5) is 0 Å². The summed E-state index contributed by atoms with van der Waals surface area (Å²) < 4.78 is 7.30. The molecule has 2 saturated carbocycles. The molecule has 1 unspecified atom stereocenters. The van der Waals surface area contributed by atoms with Crippen LogP contribution >= 0.6 is 0 Å². The fourth-order valence-electron chi connectivity index (χ4n) is 12.0. The van der Waals surface area contributed by atoms with Gasteiger partial charge in [-0.25, -0.2) is 0 Å². The van der Waals surface area contributed by atoms with Crippen LogP contribution in [0.3, 0.4) is 0 Å². The van der Waals surface area contributed by atoms with E-state index < -0.39 is 0 Å². The summed E-state index contributed by atoms with van der Waals surface area (Å²) in [4.78, 5) is 39.9. The first-order valence-corrected chi connectivity index (χ1v) is 21.0. The van der Waals surface area contributed by atoms with Crippen molar-refractivity contribution < 1.29 is 19.1 Å². The fourth-order valence-corrected chi connectivity index (χ4v) is 12.0. The highest BCUT2D eigenvalue weighted by Crippen LogP contribution is 2.64. The molecule has 9 atom stereocenters. The molecule has 7 heteroatoms. The molecule has 2 heterocycles. The Hall–Kier alpha value is -2.77. The maximum Gasteiger partial charge on any atom is 0.220 e. The van der Waals surface area contributed by atoms with Gasteiger partial charge in [0.05, 0.1) is 11.7 Å². The van der Waals surface area contributed by atoms with E-state index in [-0.39, 0.29) is 28.9 Å². The number of hydrogen-bond donors (Lipinski definition) is 2. The Kier molecular flexibility index (Phi) is 11.5. The minimum Gasteiger partial charge on any atom is -0.369 e. The highest BCUT2D eigenvalue weighted by molar-refractivity contribution is 5.91. The van der Waals surface area contributed by atoms with E-state index in [1.807, 2.05) is 24.3 Å². The standard InChI is InChI=1S/C45H65N3O4/c1-30-25-40-43(48(29-30)24-23-47-41(50)13-9-6-10-22-46-42(51)17-14-33-11-7-5-8-12-33)32(3)45(52-40)21-19-36-37-16-15-34-26-35(49)18-20-44(34,4)39(37)27-38(36)31(2)28-45/h5,7-8,11-12,26,30,32,36-37,39-40,43H,6,9-10,13-25,27-29H2,1-4H3,(H,46,51)(H,47,50)/t30-,32+,36-,37-,39-,40+,43-,44-,45?/m0/s1. The molecule has 1 aromatic rings. The maximum absolute atomic E-state index is 12.8. The van der Waals surface area contributed by atoms with E-state index in [0.717, 1.165) is 83.2 Å². The number of carbonyl (C=O) groups is 3. The van der Waals surface area contributed by atoms with Crippen LogP contribution in [-0.4, -0.2) is 66.4 Å². The van der Waals surface area contributed by atoms with Crippen molar-refractivity contribution in [2.45, 2.75) is 142 Å². The second-order valence-electron chi connectivity index (χ2n) is 18.0. The lowest BCUT2D eigenvalue weighted by atomic mass is 9.56. The third-order valence-corrected chi connectivity index (χ3v) is 14.8. The summed E-state index contributed by atoms with van der Waals surface area (Å²) in [6.45, 7) is 13.0. The van der Waals surface area contributed by atoms with Gasteiger partial charge in [-0.05, 0) is 118 Å². The minimum atomic E-state index is -0.0972. The van der Waals surface area contributed by atoms with Crippen LogP contribution in [0.15, 0.2) is 53.1 Å². The second-order valence-corrected chi connectivity index (χ2v) is 18.0. The summed E-state index contributed by atoms with van der Waals surface area (Å²) in [7, 11) is 0. The Morgan fingerprint density at radius 1 is 0.962 bits per heavy atom. The number of rotatable bonds is 12. The molecule has 0 aromatic heterocycles. The van der Waals surface area contributed by atoms with E-state index in [4.69, 9.17) is 4.74 Å². The number of unbranched alkanes of at least 4 members (excludes halogenated alkanes) is 2. The summed E-state index contributed by atoms with van der Waals surface area (Å²) >= 11 is 0. The highest BCUT2D eigenvalue weighted by atomic mass is 16.5. The number of nitrogens with one attached hydrogen (secondary N) is 2. The van der Waals surface area contributed by atoms with E-state index in [0.29, 0.717) is 61.4 Å². The Morgan fingerprint density at radius 2 is 1.75 bits per heavy atom. The van der Waals surface area contributed by atoms with Crippen molar-refractivity contribution in [3.8, 4) is 0 Å². The van der Waals surface area contributed by atoms with Crippen molar-refractivity contribution in [2.24, 2.45) is 35.0 Å². The van der Waals surface area contributed by atoms with E-state index >= 15 is 0 Å². The van der Waals surface area contributed by atoms with Crippen molar-refractivity contribution in [3.05, 3.63) is 58.7 Å². The molecular formula is C45H65N3O4. The number of carbonyl (C=O) groups excluding carboxylic acids is 3. The maximum atomic E-state index is 12.8. The van der Waals surface area contributed by atoms with Crippen molar-refractivity contribution in [1.29, 1.82) is 0 Å². The number of piperidine rings is 1. The molecule has 2 amide bonds. The lowest BCUT2D eigenvalue weighted by molar-refractivity contribution is -0.122. The molecule has 284 valence electrons. The molecule has 7 nitrogen and oxygen atoms in total. The monoisotopic (exact) mass is 711 g/mol. The molecule has 0 radical (unpaired) electrons. The van der Waals surface area contributed by atoms with Gasteiger partial charge in [0.15, 0.2) is 5.78 Å². The summed E-state index contributed by atoms with van der Waals surface area (Å²) in [5, 5.41) is 6.25. The Bertz CT molecular complexity index is 1540. The van der Waals surface area contributed by atoms with Gasteiger partial charge in [0.1, 0.15) is 0 Å². The van der Waals surface area contributed by atoms with Gasteiger partial charge in [-0.2, -0.15) is 0 Å². The molecule has 1 aromatic carbocycles. The lowest BCUT2D eigenvalue weighted by Gasteiger charge is -2.48. The minimum absolute atomic E-state index is 0.0972. The Morgan fingerprint density at radius 3 is 2.58 bits per heavy atom. The van der Waals surface area contributed by atoms with Gasteiger partial charge in [-0.3, -0.25) is 19.3 Å². The summed E-state index contributed by atoms with van der Waals surface area (Å²) in [5.41, 5.74) is 6.08. The normalized spacial score (nSPS) is 35.7. The molecule has 4 fully saturated rings. The van der Waals surface area contributed by atoms with Crippen LogP contribution in [0, 0.1) is 35.0 Å². The second kappa shape index (κ2) is 15.9. The van der Waals surface area contributed by atoms with Gasteiger partial charge < -0.3 is 15.4 Å². The number of ketones is 1. The third-order valence-electron chi connectivity index (χ3n) is 14.8. The largest absolute Gasteiger partial charge is 0.369 e. The molecule has 2 N–H and O–H groups in total. The quantitative estimate of drug-likeness (QED) is 0.171. The average molecular weight is 712 g/mol. The highest BCUT2D eigenvalue weighted by Gasteiger charge is 2.59. The Balaban J connectivity index is 0.871. The number of hydrogen-bond acceptors (Lipinski definition) is 5. The Labute approximate surface area is 313 Å².